The summed E-state index contributed by atoms with van der Waals surface area (Å²) in [5.74, 6) is -1.36. The highest BCUT2D eigenvalue weighted by molar-refractivity contribution is 5.91. The molecule has 0 spiro atoms. The number of para-hydroxylation sites is 1. The molecule has 11 heteroatoms. The van der Waals surface area contributed by atoms with Gasteiger partial charge in [0.15, 0.2) is 0 Å². The van der Waals surface area contributed by atoms with Gasteiger partial charge in [-0.15, -0.1) is 0 Å². The Bertz CT molecular complexity index is 1670. The molecule has 4 rings (SSSR count). The molecule has 0 saturated heterocycles. The fourth-order valence-electron chi connectivity index (χ4n) is 5.36. The Balaban J connectivity index is 1.39. The normalized spacial score (nSPS) is 14.5. The van der Waals surface area contributed by atoms with Crippen molar-refractivity contribution in [1.29, 1.82) is 0 Å². The lowest BCUT2D eigenvalue weighted by Crippen LogP contribution is -2.55. The molecule has 6 N–H and O–H groups in total. The average Bonchev–Trinajstić information content (AvgIpc) is 3.49. The first-order valence-corrected chi connectivity index (χ1v) is 16.5. The smallest absolute Gasteiger partial charge is 0.408 e. The van der Waals surface area contributed by atoms with Crippen LogP contribution in [0.15, 0.2) is 91.0 Å². The molecule has 1 aromatic heterocycles. The largest absolute Gasteiger partial charge is 0.444 e. The van der Waals surface area contributed by atoms with Crippen molar-refractivity contribution < 1.29 is 29.0 Å². The summed E-state index contributed by atoms with van der Waals surface area (Å²) >= 11 is 0. The summed E-state index contributed by atoms with van der Waals surface area (Å²) in [5.41, 5.74) is 2.85. The molecule has 0 fully saturated rings. The van der Waals surface area contributed by atoms with Gasteiger partial charge in [-0.05, 0) is 76.1 Å². The van der Waals surface area contributed by atoms with Crippen LogP contribution in [0.2, 0.25) is 0 Å². The molecule has 260 valence electrons. The van der Waals surface area contributed by atoms with Crippen LogP contribution in [0, 0.1) is 0 Å². The van der Waals surface area contributed by atoms with Gasteiger partial charge in [-0.25, -0.2) is 4.79 Å². The van der Waals surface area contributed by atoms with Crippen molar-refractivity contribution in [2.45, 2.75) is 89.8 Å². The average molecular weight is 670 g/mol. The Labute approximate surface area is 287 Å². The lowest BCUT2D eigenvalue weighted by atomic mass is 9.97. The highest BCUT2D eigenvalue weighted by atomic mass is 16.6. The van der Waals surface area contributed by atoms with Crippen molar-refractivity contribution in [3.05, 3.63) is 108 Å². The van der Waals surface area contributed by atoms with Crippen LogP contribution < -0.4 is 21.3 Å². The third kappa shape index (κ3) is 11.2. The minimum absolute atomic E-state index is 0.00598. The van der Waals surface area contributed by atoms with Crippen LogP contribution in [0.3, 0.4) is 0 Å². The van der Waals surface area contributed by atoms with Gasteiger partial charge >= 0.3 is 6.09 Å². The van der Waals surface area contributed by atoms with E-state index in [-0.39, 0.29) is 18.7 Å². The van der Waals surface area contributed by atoms with Gasteiger partial charge in [-0.3, -0.25) is 14.4 Å². The number of rotatable bonds is 14. The lowest BCUT2D eigenvalue weighted by molar-refractivity contribution is -0.130. The maximum atomic E-state index is 13.4. The number of hydrogen-bond acceptors (Lipinski definition) is 6. The molecule has 4 amide bonds. The number of fused-ring (bicyclic) bond motifs is 1. The number of ether oxygens (including phenoxy) is 1. The Hall–Kier alpha value is -5.16. The number of nitrogens with one attached hydrogen (secondary N) is 5. The fourth-order valence-corrected chi connectivity index (χ4v) is 5.36. The maximum absolute atomic E-state index is 13.4. The predicted octanol–water partition coefficient (Wildman–Crippen LogP) is 4.66. The molecule has 0 aliphatic carbocycles. The fraction of sp³-hybridized carbons (Fsp3) is 0.368. The molecule has 49 heavy (non-hydrogen) atoms. The summed E-state index contributed by atoms with van der Waals surface area (Å²) in [7, 11) is 0. The van der Waals surface area contributed by atoms with E-state index in [0.717, 1.165) is 27.7 Å². The van der Waals surface area contributed by atoms with Gasteiger partial charge in [0.1, 0.15) is 17.7 Å². The number of aromatic nitrogens is 1. The first-order chi connectivity index (χ1) is 23.3. The highest BCUT2D eigenvalue weighted by Crippen LogP contribution is 2.26. The zero-order valence-electron chi connectivity index (χ0n) is 28.7. The SMILES string of the molecule is C[C@H](NC(=O)OC(C)(C)C)C(=O)N[C@@H](C)C(=O)N[C@@H](Cc1ccccc1)[C@@H](O)CCC(=O)NC(c1ccccc1)c1cc2ccccc2[nH]1. The summed E-state index contributed by atoms with van der Waals surface area (Å²) in [5, 5.41) is 23.4. The van der Waals surface area contributed by atoms with Gasteiger partial charge in [0, 0.05) is 17.6 Å². The van der Waals surface area contributed by atoms with Crippen LogP contribution in [0.4, 0.5) is 4.79 Å². The summed E-state index contributed by atoms with van der Waals surface area (Å²) in [6, 6.07) is 25.8. The number of hydrogen-bond donors (Lipinski definition) is 6. The van der Waals surface area contributed by atoms with E-state index in [9.17, 15) is 24.3 Å². The molecule has 0 radical (unpaired) electrons. The Morgan fingerprint density at radius 2 is 1.37 bits per heavy atom. The summed E-state index contributed by atoms with van der Waals surface area (Å²) in [6.07, 6.45) is -1.44. The zero-order valence-corrected chi connectivity index (χ0v) is 28.7. The number of carbonyl (C=O) groups excluding carboxylic acids is 4. The van der Waals surface area contributed by atoms with E-state index in [0.29, 0.717) is 6.42 Å². The summed E-state index contributed by atoms with van der Waals surface area (Å²) in [4.78, 5) is 54.8. The molecule has 1 heterocycles. The van der Waals surface area contributed by atoms with Gasteiger partial charge in [0.05, 0.1) is 18.2 Å². The van der Waals surface area contributed by atoms with Crippen LogP contribution in [-0.4, -0.2) is 63.7 Å². The highest BCUT2D eigenvalue weighted by Gasteiger charge is 2.28. The minimum Gasteiger partial charge on any atom is -0.444 e. The van der Waals surface area contributed by atoms with Crippen LogP contribution >= 0.6 is 0 Å². The molecule has 0 aliphatic heterocycles. The second-order valence-corrected chi connectivity index (χ2v) is 13.2. The van der Waals surface area contributed by atoms with Crippen molar-refractivity contribution >= 4 is 34.7 Å². The number of benzene rings is 3. The van der Waals surface area contributed by atoms with E-state index in [1.807, 2.05) is 91.0 Å². The number of aromatic amines is 1. The Kier molecular flexibility index (Phi) is 12.6. The van der Waals surface area contributed by atoms with Gasteiger partial charge < -0.3 is 36.1 Å². The van der Waals surface area contributed by atoms with Crippen LogP contribution in [-0.2, 0) is 25.5 Å². The topological polar surface area (TPSA) is 162 Å². The van der Waals surface area contributed by atoms with E-state index in [2.05, 4.69) is 26.3 Å². The molecule has 5 atom stereocenters. The third-order valence-corrected chi connectivity index (χ3v) is 7.94. The number of carbonyl (C=O) groups is 4. The van der Waals surface area contributed by atoms with Gasteiger partial charge in [0.25, 0.3) is 0 Å². The van der Waals surface area contributed by atoms with Crippen LogP contribution in [0.1, 0.15) is 70.3 Å². The van der Waals surface area contributed by atoms with E-state index >= 15 is 0 Å². The molecular formula is C38H47N5O6. The van der Waals surface area contributed by atoms with Crippen molar-refractivity contribution in [3.8, 4) is 0 Å². The summed E-state index contributed by atoms with van der Waals surface area (Å²) in [6.45, 7) is 8.13. The van der Waals surface area contributed by atoms with Crippen molar-refractivity contribution in [2.75, 3.05) is 0 Å². The Morgan fingerprint density at radius 1 is 0.776 bits per heavy atom. The number of aliphatic hydroxyl groups excluding tert-OH is 1. The maximum Gasteiger partial charge on any atom is 0.408 e. The molecule has 4 aromatic rings. The molecule has 0 saturated carbocycles. The van der Waals surface area contributed by atoms with Crippen LogP contribution in [0.5, 0.6) is 0 Å². The second-order valence-electron chi connectivity index (χ2n) is 13.2. The second kappa shape index (κ2) is 16.8. The first kappa shape index (κ1) is 36.7. The minimum atomic E-state index is -1.08. The number of alkyl carbamates (subject to hydrolysis) is 1. The van der Waals surface area contributed by atoms with E-state index in [1.165, 1.54) is 13.8 Å². The van der Waals surface area contributed by atoms with Crippen molar-refractivity contribution in [2.24, 2.45) is 0 Å². The standard InChI is InChI=1S/C38H47N5O6/c1-24(39-35(46)25(2)40-37(48)49-38(3,4)5)36(47)42-30(22-26-14-8-6-9-15-26)32(44)20-21-33(45)43-34(27-16-10-7-11-17-27)31-23-28-18-12-13-19-29(28)41-31/h6-19,23-25,30,32,34,41,44H,20-22H2,1-5H3,(H,39,46)(H,40,48)(H,42,47)(H,43,45)/t24-,25-,30-,32-,34?/m0/s1. The number of H-pyrrole nitrogens is 1. The van der Waals surface area contributed by atoms with E-state index in [4.69, 9.17) is 4.74 Å². The molecule has 1 unspecified atom stereocenters. The Morgan fingerprint density at radius 3 is 2.02 bits per heavy atom. The predicted molar refractivity (Wildman–Crippen MR) is 188 cm³/mol. The van der Waals surface area contributed by atoms with Crippen LogP contribution in [0.25, 0.3) is 10.9 Å². The summed E-state index contributed by atoms with van der Waals surface area (Å²) < 4.78 is 5.20. The van der Waals surface area contributed by atoms with Gasteiger partial charge in [-0.1, -0.05) is 78.9 Å². The van der Waals surface area contributed by atoms with Gasteiger partial charge in [0.2, 0.25) is 17.7 Å². The van der Waals surface area contributed by atoms with E-state index in [1.54, 1.807) is 20.8 Å². The third-order valence-electron chi connectivity index (χ3n) is 7.94. The molecule has 3 aromatic carbocycles. The number of amides is 4. The van der Waals surface area contributed by atoms with Gasteiger partial charge in [-0.2, -0.15) is 0 Å². The quantitative estimate of drug-likeness (QED) is 0.115. The lowest BCUT2D eigenvalue weighted by Gasteiger charge is -2.27. The molecule has 0 aliphatic rings. The molecular weight excluding hydrogens is 622 g/mol. The van der Waals surface area contributed by atoms with E-state index < -0.39 is 53.8 Å². The monoisotopic (exact) mass is 669 g/mol. The molecule has 11 nitrogen and oxygen atoms in total. The first-order valence-electron chi connectivity index (χ1n) is 16.5. The number of aliphatic hydroxyl groups is 1. The van der Waals surface area contributed by atoms with Crippen molar-refractivity contribution in [3.63, 3.8) is 0 Å². The van der Waals surface area contributed by atoms with Crippen molar-refractivity contribution in [1.82, 2.24) is 26.3 Å². The zero-order chi connectivity index (χ0) is 35.6. The molecule has 0 bridgehead atoms.